The van der Waals surface area contributed by atoms with Gasteiger partial charge in [0, 0.05) is 6.04 Å². The molecule has 1 rings (SSSR count). The van der Waals surface area contributed by atoms with Gasteiger partial charge in [0.2, 0.25) is 0 Å². The standard InChI is InChI=1S/C11H21NO2/c1-7(2)9(4)14-11(13)10-5-6-12-8(10)3/h7-10,12H,5-6H2,1-4H3. The van der Waals surface area contributed by atoms with Crippen LogP contribution < -0.4 is 5.32 Å². The summed E-state index contributed by atoms with van der Waals surface area (Å²) in [4.78, 5) is 11.7. The van der Waals surface area contributed by atoms with Crippen molar-refractivity contribution in [1.82, 2.24) is 5.32 Å². The second kappa shape index (κ2) is 4.78. The molecule has 3 unspecified atom stereocenters. The summed E-state index contributed by atoms with van der Waals surface area (Å²) in [7, 11) is 0. The maximum atomic E-state index is 11.7. The van der Waals surface area contributed by atoms with Crippen LogP contribution in [-0.4, -0.2) is 24.7 Å². The number of hydrogen-bond donors (Lipinski definition) is 1. The van der Waals surface area contributed by atoms with Gasteiger partial charge < -0.3 is 10.1 Å². The van der Waals surface area contributed by atoms with E-state index in [1.807, 2.05) is 13.8 Å². The predicted molar refractivity (Wildman–Crippen MR) is 56.0 cm³/mol. The first-order chi connectivity index (χ1) is 6.52. The molecule has 1 N–H and O–H groups in total. The number of carbonyl (C=O) groups is 1. The van der Waals surface area contributed by atoms with Crippen LogP contribution in [0.2, 0.25) is 0 Å². The van der Waals surface area contributed by atoms with E-state index in [0.717, 1.165) is 13.0 Å². The molecule has 0 aliphatic carbocycles. The molecule has 1 heterocycles. The van der Waals surface area contributed by atoms with Crippen LogP contribution in [0.5, 0.6) is 0 Å². The highest BCUT2D eigenvalue weighted by molar-refractivity contribution is 5.73. The fraction of sp³-hybridized carbons (Fsp3) is 0.909. The van der Waals surface area contributed by atoms with Crippen molar-refractivity contribution in [2.75, 3.05) is 6.54 Å². The monoisotopic (exact) mass is 199 g/mol. The third kappa shape index (κ3) is 2.71. The van der Waals surface area contributed by atoms with Crippen LogP contribution in [0.15, 0.2) is 0 Å². The van der Waals surface area contributed by atoms with E-state index in [1.165, 1.54) is 0 Å². The molecule has 0 radical (unpaired) electrons. The molecule has 0 bridgehead atoms. The zero-order valence-electron chi connectivity index (χ0n) is 9.54. The average Bonchev–Trinajstić information content (AvgIpc) is 2.51. The quantitative estimate of drug-likeness (QED) is 0.701. The molecule has 0 aromatic rings. The van der Waals surface area contributed by atoms with Crippen molar-refractivity contribution in [2.24, 2.45) is 11.8 Å². The summed E-state index contributed by atoms with van der Waals surface area (Å²) in [6.07, 6.45) is 0.931. The van der Waals surface area contributed by atoms with Gasteiger partial charge in [-0.25, -0.2) is 0 Å². The van der Waals surface area contributed by atoms with Gasteiger partial charge in [-0.2, -0.15) is 0 Å². The van der Waals surface area contributed by atoms with Gasteiger partial charge in [0.15, 0.2) is 0 Å². The number of nitrogens with one attached hydrogen (secondary N) is 1. The van der Waals surface area contributed by atoms with Crippen molar-refractivity contribution in [3.8, 4) is 0 Å². The molecule has 1 saturated heterocycles. The van der Waals surface area contributed by atoms with Crippen molar-refractivity contribution >= 4 is 5.97 Å². The Balaban J connectivity index is 2.41. The van der Waals surface area contributed by atoms with Crippen LogP contribution in [0, 0.1) is 11.8 Å². The lowest BCUT2D eigenvalue weighted by molar-refractivity contribution is -0.155. The van der Waals surface area contributed by atoms with Crippen molar-refractivity contribution in [3.63, 3.8) is 0 Å². The first-order valence-corrected chi connectivity index (χ1v) is 5.46. The van der Waals surface area contributed by atoms with Crippen LogP contribution in [0.3, 0.4) is 0 Å². The minimum atomic E-state index is -0.0382. The normalized spacial score (nSPS) is 29.2. The number of ether oxygens (including phenoxy) is 1. The molecule has 14 heavy (non-hydrogen) atoms. The molecule has 3 heteroatoms. The number of carbonyl (C=O) groups excluding carboxylic acids is 1. The number of esters is 1. The van der Waals surface area contributed by atoms with E-state index in [0.29, 0.717) is 5.92 Å². The lowest BCUT2D eigenvalue weighted by atomic mass is 10.0. The van der Waals surface area contributed by atoms with Gasteiger partial charge in [0.1, 0.15) is 6.10 Å². The molecule has 0 saturated carbocycles. The van der Waals surface area contributed by atoms with E-state index in [2.05, 4.69) is 19.2 Å². The molecule has 3 atom stereocenters. The van der Waals surface area contributed by atoms with Gasteiger partial charge in [-0.1, -0.05) is 13.8 Å². The SMILES string of the molecule is CC(C)C(C)OC(=O)C1CCNC1C. The Morgan fingerprint density at radius 3 is 2.50 bits per heavy atom. The van der Waals surface area contributed by atoms with Gasteiger partial charge in [-0.15, -0.1) is 0 Å². The van der Waals surface area contributed by atoms with E-state index in [-0.39, 0.29) is 24.0 Å². The van der Waals surface area contributed by atoms with Crippen molar-refractivity contribution < 1.29 is 9.53 Å². The van der Waals surface area contributed by atoms with E-state index >= 15 is 0 Å². The second-order valence-corrected chi connectivity index (χ2v) is 4.52. The van der Waals surface area contributed by atoms with E-state index < -0.39 is 0 Å². The molecule has 0 spiro atoms. The smallest absolute Gasteiger partial charge is 0.310 e. The highest BCUT2D eigenvalue weighted by Crippen LogP contribution is 2.18. The van der Waals surface area contributed by atoms with Gasteiger partial charge in [-0.05, 0) is 32.7 Å². The third-order valence-corrected chi connectivity index (χ3v) is 3.07. The molecule has 1 aliphatic rings. The summed E-state index contributed by atoms with van der Waals surface area (Å²) in [5.41, 5.74) is 0. The van der Waals surface area contributed by atoms with Crippen LogP contribution in [0.4, 0.5) is 0 Å². The molecule has 0 aromatic heterocycles. The summed E-state index contributed by atoms with van der Waals surface area (Å²) >= 11 is 0. The van der Waals surface area contributed by atoms with Crippen molar-refractivity contribution in [3.05, 3.63) is 0 Å². The molecular weight excluding hydrogens is 178 g/mol. The second-order valence-electron chi connectivity index (χ2n) is 4.52. The molecule has 0 amide bonds. The predicted octanol–water partition coefficient (Wildman–Crippen LogP) is 1.57. The molecule has 0 aromatic carbocycles. The molecule has 82 valence electrons. The Morgan fingerprint density at radius 2 is 2.07 bits per heavy atom. The van der Waals surface area contributed by atoms with E-state index in [9.17, 15) is 4.79 Å². The Hall–Kier alpha value is -0.570. The largest absolute Gasteiger partial charge is 0.462 e. The summed E-state index contributed by atoms with van der Waals surface area (Å²) in [5.74, 6) is 0.406. The van der Waals surface area contributed by atoms with Gasteiger partial charge in [0.25, 0.3) is 0 Å². The van der Waals surface area contributed by atoms with Crippen molar-refractivity contribution in [2.45, 2.75) is 46.3 Å². The van der Waals surface area contributed by atoms with Crippen LogP contribution >= 0.6 is 0 Å². The van der Waals surface area contributed by atoms with E-state index in [4.69, 9.17) is 4.74 Å². The lowest BCUT2D eigenvalue weighted by Gasteiger charge is -2.20. The highest BCUT2D eigenvalue weighted by Gasteiger charge is 2.31. The lowest BCUT2D eigenvalue weighted by Crippen LogP contribution is -2.32. The molecule has 1 aliphatic heterocycles. The first kappa shape index (κ1) is 11.5. The Bertz CT molecular complexity index is 203. The average molecular weight is 199 g/mol. The molecule has 3 nitrogen and oxygen atoms in total. The summed E-state index contributed by atoms with van der Waals surface area (Å²) in [6.45, 7) is 9.05. The summed E-state index contributed by atoms with van der Waals surface area (Å²) < 4.78 is 5.39. The fourth-order valence-electron chi connectivity index (χ4n) is 1.59. The van der Waals surface area contributed by atoms with Crippen LogP contribution in [-0.2, 0) is 9.53 Å². The molecule has 1 fully saturated rings. The van der Waals surface area contributed by atoms with Crippen molar-refractivity contribution in [1.29, 1.82) is 0 Å². The topological polar surface area (TPSA) is 38.3 Å². The van der Waals surface area contributed by atoms with Gasteiger partial charge in [-0.3, -0.25) is 4.79 Å². The zero-order valence-corrected chi connectivity index (χ0v) is 9.54. The minimum Gasteiger partial charge on any atom is -0.462 e. The van der Waals surface area contributed by atoms with Crippen LogP contribution in [0.1, 0.15) is 34.1 Å². The number of hydrogen-bond acceptors (Lipinski definition) is 3. The Morgan fingerprint density at radius 1 is 1.43 bits per heavy atom. The Labute approximate surface area is 86.2 Å². The third-order valence-electron chi connectivity index (χ3n) is 3.07. The minimum absolute atomic E-state index is 0.0234. The maximum absolute atomic E-state index is 11.7. The fourth-order valence-corrected chi connectivity index (χ4v) is 1.59. The zero-order chi connectivity index (χ0) is 10.7. The number of rotatable bonds is 3. The highest BCUT2D eigenvalue weighted by atomic mass is 16.5. The van der Waals surface area contributed by atoms with Gasteiger partial charge >= 0.3 is 5.97 Å². The maximum Gasteiger partial charge on any atom is 0.310 e. The Kier molecular flexibility index (Phi) is 3.93. The summed E-state index contributed by atoms with van der Waals surface area (Å²) in [5, 5.41) is 3.25. The molecular formula is C11H21NO2. The van der Waals surface area contributed by atoms with Gasteiger partial charge in [0.05, 0.1) is 5.92 Å². The summed E-state index contributed by atoms with van der Waals surface area (Å²) in [6, 6.07) is 0.266. The first-order valence-electron chi connectivity index (χ1n) is 5.46. The van der Waals surface area contributed by atoms with Crippen LogP contribution in [0.25, 0.3) is 0 Å². The van der Waals surface area contributed by atoms with E-state index in [1.54, 1.807) is 0 Å².